The second kappa shape index (κ2) is 4.30. The van der Waals surface area contributed by atoms with Gasteiger partial charge in [0.05, 0.1) is 6.42 Å². The van der Waals surface area contributed by atoms with E-state index in [-0.39, 0.29) is 11.8 Å². The molecule has 0 aromatic carbocycles. The molecule has 0 aromatic heterocycles. The Morgan fingerprint density at radius 2 is 1.93 bits per heavy atom. The highest BCUT2D eigenvalue weighted by atomic mass is 16.4. The van der Waals surface area contributed by atoms with Crippen LogP contribution in [0.15, 0.2) is 0 Å². The van der Waals surface area contributed by atoms with Crippen molar-refractivity contribution < 1.29 is 9.90 Å². The van der Waals surface area contributed by atoms with Gasteiger partial charge in [-0.1, -0.05) is 33.1 Å². The summed E-state index contributed by atoms with van der Waals surface area (Å²) in [5.74, 6) is 0.163. The smallest absolute Gasteiger partial charge is 0.303 e. The quantitative estimate of drug-likeness (QED) is 0.729. The molecule has 1 fully saturated rings. The molecule has 0 aromatic rings. The van der Waals surface area contributed by atoms with Crippen LogP contribution in [0.25, 0.3) is 0 Å². The van der Waals surface area contributed by atoms with Crippen LogP contribution < -0.4 is 5.73 Å². The van der Waals surface area contributed by atoms with E-state index < -0.39 is 5.97 Å². The third-order valence-corrected chi connectivity index (χ3v) is 4.10. The van der Waals surface area contributed by atoms with Crippen molar-refractivity contribution >= 4 is 5.97 Å². The molecule has 14 heavy (non-hydrogen) atoms. The normalized spacial score (nSPS) is 38.2. The molecule has 82 valence electrons. The van der Waals surface area contributed by atoms with Crippen molar-refractivity contribution in [1.82, 2.24) is 0 Å². The Labute approximate surface area is 85.7 Å². The molecule has 0 bridgehead atoms. The van der Waals surface area contributed by atoms with Gasteiger partial charge < -0.3 is 10.8 Å². The maximum absolute atomic E-state index is 10.9. The van der Waals surface area contributed by atoms with E-state index >= 15 is 0 Å². The molecule has 3 N–H and O–H groups in total. The Morgan fingerprint density at radius 1 is 1.43 bits per heavy atom. The van der Waals surface area contributed by atoms with Gasteiger partial charge in [0.15, 0.2) is 0 Å². The van der Waals surface area contributed by atoms with E-state index in [2.05, 4.69) is 13.8 Å². The van der Waals surface area contributed by atoms with Crippen molar-refractivity contribution in [3.05, 3.63) is 0 Å². The first-order valence-corrected chi connectivity index (χ1v) is 5.45. The first kappa shape index (κ1) is 11.5. The number of carboxylic acid groups (broad SMARTS) is 1. The fraction of sp³-hybridized carbons (Fsp3) is 0.909. The van der Waals surface area contributed by atoms with Crippen molar-refractivity contribution in [3.63, 3.8) is 0 Å². The standard InChI is InChI=1S/C11H21NO2/c1-8-4-3-5-9(2)11(8,7-12)6-10(13)14/h8-9H,3-7,12H2,1-2H3,(H,13,14). The SMILES string of the molecule is CC1CCCC(C)C1(CN)CC(=O)O. The predicted octanol–water partition coefficient (Wildman–Crippen LogP) is 1.86. The number of nitrogens with two attached hydrogens (primary N) is 1. The Bertz CT molecular complexity index is 205. The summed E-state index contributed by atoms with van der Waals surface area (Å²) in [5.41, 5.74) is 5.64. The summed E-state index contributed by atoms with van der Waals surface area (Å²) in [4.78, 5) is 10.9. The monoisotopic (exact) mass is 199 g/mol. The van der Waals surface area contributed by atoms with Crippen molar-refractivity contribution in [2.75, 3.05) is 6.54 Å². The zero-order valence-electron chi connectivity index (χ0n) is 9.12. The second-order valence-corrected chi connectivity index (χ2v) is 4.74. The highest BCUT2D eigenvalue weighted by molar-refractivity contribution is 5.68. The molecule has 1 aliphatic rings. The minimum Gasteiger partial charge on any atom is -0.481 e. The van der Waals surface area contributed by atoms with Crippen molar-refractivity contribution in [2.24, 2.45) is 23.0 Å². The zero-order chi connectivity index (χ0) is 10.8. The molecule has 0 amide bonds. The highest BCUT2D eigenvalue weighted by Crippen LogP contribution is 2.46. The third kappa shape index (κ3) is 1.92. The first-order chi connectivity index (χ1) is 6.53. The topological polar surface area (TPSA) is 63.3 Å². The fourth-order valence-electron chi connectivity index (χ4n) is 2.90. The van der Waals surface area contributed by atoms with E-state index in [1.165, 1.54) is 6.42 Å². The van der Waals surface area contributed by atoms with E-state index in [9.17, 15) is 4.79 Å². The summed E-state index contributed by atoms with van der Waals surface area (Å²) < 4.78 is 0. The Kier molecular flexibility index (Phi) is 3.53. The maximum Gasteiger partial charge on any atom is 0.303 e. The lowest BCUT2D eigenvalue weighted by Crippen LogP contribution is -2.46. The average Bonchev–Trinajstić information content (AvgIpc) is 2.11. The number of hydrogen-bond donors (Lipinski definition) is 2. The lowest BCUT2D eigenvalue weighted by atomic mass is 9.59. The summed E-state index contributed by atoms with van der Waals surface area (Å²) in [6.07, 6.45) is 3.68. The molecule has 2 unspecified atom stereocenters. The lowest BCUT2D eigenvalue weighted by molar-refractivity contribution is -0.142. The van der Waals surface area contributed by atoms with Crippen molar-refractivity contribution in [2.45, 2.75) is 39.5 Å². The molecule has 0 heterocycles. The molecule has 0 aliphatic heterocycles. The lowest BCUT2D eigenvalue weighted by Gasteiger charge is -2.46. The van der Waals surface area contributed by atoms with Crippen LogP contribution in [-0.4, -0.2) is 17.6 Å². The average molecular weight is 199 g/mol. The first-order valence-electron chi connectivity index (χ1n) is 5.45. The molecule has 0 radical (unpaired) electrons. The van der Waals surface area contributed by atoms with Crippen LogP contribution in [-0.2, 0) is 4.79 Å². The maximum atomic E-state index is 10.9. The van der Waals surface area contributed by atoms with Crippen molar-refractivity contribution in [1.29, 1.82) is 0 Å². The summed E-state index contributed by atoms with van der Waals surface area (Å²) in [6, 6.07) is 0. The van der Waals surface area contributed by atoms with Crippen LogP contribution in [0.3, 0.4) is 0 Å². The highest BCUT2D eigenvalue weighted by Gasteiger charge is 2.43. The molecule has 2 atom stereocenters. The van der Waals surface area contributed by atoms with E-state index in [0.29, 0.717) is 18.4 Å². The third-order valence-electron chi connectivity index (χ3n) is 4.10. The number of carboxylic acids is 1. The number of rotatable bonds is 3. The summed E-state index contributed by atoms with van der Waals surface area (Å²) in [6.45, 7) is 4.79. The number of carbonyl (C=O) groups is 1. The molecule has 1 aliphatic carbocycles. The number of hydrogen-bond acceptors (Lipinski definition) is 2. The second-order valence-electron chi connectivity index (χ2n) is 4.74. The van der Waals surface area contributed by atoms with Crippen LogP contribution >= 0.6 is 0 Å². The molecule has 3 nitrogen and oxygen atoms in total. The molecule has 1 rings (SSSR count). The minimum atomic E-state index is -0.712. The van der Waals surface area contributed by atoms with Crippen LogP contribution in [0.5, 0.6) is 0 Å². The van der Waals surface area contributed by atoms with Gasteiger partial charge in [-0.05, 0) is 23.8 Å². The van der Waals surface area contributed by atoms with E-state index in [1.807, 2.05) is 0 Å². The van der Waals surface area contributed by atoms with E-state index in [1.54, 1.807) is 0 Å². The van der Waals surface area contributed by atoms with Crippen LogP contribution in [0, 0.1) is 17.3 Å². The zero-order valence-corrected chi connectivity index (χ0v) is 9.12. The van der Waals surface area contributed by atoms with Crippen LogP contribution in [0.2, 0.25) is 0 Å². The van der Waals surface area contributed by atoms with E-state index in [4.69, 9.17) is 10.8 Å². The van der Waals surface area contributed by atoms with Gasteiger partial charge in [-0.3, -0.25) is 4.79 Å². The molecule has 0 spiro atoms. The molecule has 3 heteroatoms. The minimum absolute atomic E-state index is 0.163. The van der Waals surface area contributed by atoms with Crippen molar-refractivity contribution in [3.8, 4) is 0 Å². The molecular formula is C11H21NO2. The Hall–Kier alpha value is -0.570. The van der Waals surface area contributed by atoms with Gasteiger partial charge >= 0.3 is 5.97 Å². The van der Waals surface area contributed by atoms with Gasteiger partial charge in [0.2, 0.25) is 0 Å². The fourth-order valence-corrected chi connectivity index (χ4v) is 2.90. The summed E-state index contributed by atoms with van der Waals surface area (Å²) in [7, 11) is 0. The van der Waals surface area contributed by atoms with Gasteiger partial charge in [0.25, 0.3) is 0 Å². The predicted molar refractivity (Wildman–Crippen MR) is 55.9 cm³/mol. The van der Waals surface area contributed by atoms with Gasteiger partial charge in [-0.15, -0.1) is 0 Å². The van der Waals surface area contributed by atoms with Crippen LogP contribution in [0.4, 0.5) is 0 Å². The Morgan fingerprint density at radius 3 is 2.29 bits per heavy atom. The van der Waals surface area contributed by atoms with Gasteiger partial charge in [0.1, 0.15) is 0 Å². The molecule has 0 saturated heterocycles. The van der Waals surface area contributed by atoms with E-state index in [0.717, 1.165) is 12.8 Å². The number of aliphatic carboxylic acids is 1. The van der Waals surface area contributed by atoms with Gasteiger partial charge in [-0.25, -0.2) is 0 Å². The summed E-state index contributed by atoms with van der Waals surface area (Å²) >= 11 is 0. The Balaban J connectivity index is 2.85. The van der Waals surface area contributed by atoms with Gasteiger partial charge in [0, 0.05) is 0 Å². The summed E-state index contributed by atoms with van der Waals surface area (Å²) in [5, 5.41) is 8.94. The molecular weight excluding hydrogens is 178 g/mol. The van der Waals surface area contributed by atoms with Crippen LogP contribution in [0.1, 0.15) is 39.5 Å². The van der Waals surface area contributed by atoms with Gasteiger partial charge in [-0.2, -0.15) is 0 Å². The molecule has 1 saturated carbocycles. The largest absolute Gasteiger partial charge is 0.481 e.